The second-order valence-electron chi connectivity index (χ2n) is 24.2. The summed E-state index contributed by atoms with van der Waals surface area (Å²) >= 11 is 0. The Morgan fingerprint density at radius 2 is 1.01 bits per heavy atom. The number of imidazole rings is 1. The van der Waals surface area contributed by atoms with Crippen molar-refractivity contribution in [2.75, 3.05) is 0 Å². The molecule has 7 aromatic carbocycles. The van der Waals surface area contributed by atoms with Gasteiger partial charge in [-0.05, 0) is 90.9 Å². The average molecular weight is 1130 g/mol. The molecule has 9 aromatic rings. The molecule has 0 saturated carbocycles. The number of benzene rings is 7. The molecule has 2 heterocycles. The van der Waals surface area contributed by atoms with Crippen LogP contribution < -0.4 is 0 Å². The molecule has 0 saturated heterocycles. The number of rotatable bonds is 8. The number of hydrogen-bond donors (Lipinski definition) is 1. The molecule has 0 aliphatic rings. The molecular weight excluding hydrogens is 1060 g/mol. The summed E-state index contributed by atoms with van der Waals surface area (Å²) < 4.78 is 2.29. The van der Waals surface area contributed by atoms with E-state index < -0.39 is 0 Å². The van der Waals surface area contributed by atoms with Gasteiger partial charge in [-0.2, -0.15) is 0 Å². The van der Waals surface area contributed by atoms with Crippen LogP contribution in [0.25, 0.3) is 72.7 Å². The molecule has 0 unspecified atom stereocenters. The van der Waals surface area contributed by atoms with Crippen molar-refractivity contribution in [3.63, 3.8) is 0 Å². The SMILES string of the molecule is CC(C)(C)c1cc(-c2cc(-c3cccc(C(C)(C)c4ccccc4)c3)ccn2)[c-]c(-c2cccc3c2nc(-c2cc(C(C)(C)C)cc(C(C)(C)C)c2O)n3-c2ccc(C(C)(C)C)cc2-c2ccccc2)c1.[Pt]. The molecule has 72 heavy (non-hydrogen) atoms. The molecular formula is C67H70N3OPt-. The van der Waals surface area contributed by atoms with Gasteiger partial charge in [0.15, 0.2) is 0 Å². The number of phenols is 1. The van der Waals surface area contributed by atoms with E-state index in [-0.39, 0.29) is 53.9 Å². The molecule has 5 heteroatoms. The normalized spacial score (nSPS) is 12.5. The summed E-state index contributed by atoms with van der Waals surface area (Å²) in [5, 5.41) is 12.6. The van der Waals surface area contributed by atoms with Crippen LogP contribution in [-0.4, -0.2) is 19.6 Å². The first-order chi connectivity index (χ1) is 33.4. The van der Waals surface area contributed by atoms with E-state index in [1.54, 1.807) is 0 Å². The predicted octanol–water partition coefficient (Wildman–Crippen LogP) is 17.8. The zero-order chi connectivity index (χ0) is 50.8. The molecule has 9 rings (SSSR count). The summed E-state index contributed by atoms with van der Waals surface area (Å²) in [4.78, 5) is 10.7. The van der Waals surface area contributed by atoms with E-state index in [2.05, 4.69) is 265 Å². The van der Waals surface area contributed by atoms with E-state index in [4.69, 9.17) is 9.97 Å². The fourth-order valence-corrected chi connectivity index (χ4v) is 9.75. The molecule has 0 atom stereocenters. The minimum absolute atomic E-state index is 0. The van der Waals surface area contributed by atoms with Crippen molar-refractivity contribution < 1.29 is 26.2 Å². The smallest absolute Gasteiger partial charge is 0.148 e. The average Bonchev–Trinajstić information content (AvgIpc) is 3.72. The van der Waals surface area contributed by atoms with Gasteiger partial charge >= 0.3 is 0 Å². The van der Waals surface area contributed by atoms with Gasteiger partial charge < -0.3 is 5.11 Å². The third-order valence-electron chi connectivity index (χ3n) is 14.4. The van der Waals surface area contributed by atoms with Gasteiger partial charge in [0.1, 0.15) is 11.6 Å². The predicted molar refractivity (Wildman–Crippen MR) is 300 cm³/mol. The van der Waals surface area contributed by atoms with E-state index in [1.807, 2.05) is 6.20 Å². The van der Waals surface area contributed by atoms with Gasteiger partial charge in [-0.15, -0.1) is 29.3 Å². The summed E-state index contributed by atoms with van der Waals surface area (Å²) in [7, 11) is 0. The van der Waals surface area contributed by atoms with Crippen molar-refractivity contribution in [1.82, 2.24) is 14.5 Å². The summed E-state index contributed by atoms with van der Waals surface area (Å²) in [5.74, 6) is 0.932. The molecule has 1 N–H and O–H groups in total. The zero-order valence-corrected chi connectivity index (χ0v) is 47.0. The fraction of sp³-hybridized carbons (Fsp3) is 0.284. The second-order valence-corrected chi connectivity index (χ2v) is 24.2. The molecule has 4 nitrogen and oxygen atoms in total. The van der Waals surface area contributed by atoms with Crippen LogP contribution in [0.2, 0.25) is 0 Å². The molecule has 370 valence electrons. The van der Waals surface area contributed by atoms with Gasteiger partial charge in [-0.3, -0.25) is 9.55 Å². The van der Waals surface area contributed by atoms with Gasteiger partial charge in [0.25, 0.3) is 0 Å². The molecule has 0 spiro atoms. The monoisotopic (exact) mass is 1130 g/mol. The van der Waals surface area contributed by atoms with Gasteiger partial charge in [0.2, 0.25) is 0 Å². The Kier molecular flexibility index (Phi) is 13.9. The van der Waals surface area contributed by atoms with E-state index in [0.29, 0.717) is 11.4 Å². The third kappa shape index (κ3) is 10.2. The maximum Gasteiger partial charge on any atom is 0.148 e. The zero-order valence-electron chi connectivity index (χ0n) is 44.7. The third-order valence-corrected chi connectivity index (χ3v) is 14.4. The summed E-state index contributed by atoms with van der Waals surface area (Å²) in [6, 6.07) is 60.7. The van der Waals surface area contributed by atoms with Gasteiger partial charge in [0.05, 0.1) is 22.3 Å². The van der Waals surface area contributed by atoms with Crippen molar-refractivity contribution in [3.8, 4) is 67.5 Å². The van der Waals surface area contributed by atoms with Crippen molar-refractivity contribution in [1.29, 1.82) is 0 Å². The quantitative estimate of drug-likeness (QED) is 0.154. The van der Waals surface area contributed by atoms with Crippen LogP contribution in [0.5, 0.6) is 5.75 Å². The van der Waals surface area contributed by atoms with Crippen LogP contribution in [0.4, 0.5) is 0 Å². The Hall–Kier alpha value is -6.35. The number of nitrogens with zero attached hydrogens (tertiary/aromatic N) is 3. The molecule has 0 radical (unpaired) electrons. The summed E-state index contributed by atoms with van der Waals surface area (Å²) in [5.41, 5.74) is 17.5. The maximum absolute atomic E-state index is 12.6. The van der Waals surface area contributed by atoms with E-state index in [0.717, 1.165) is 72.5 Å². The van der Waals surface area contributed by atoms with Crippen LogP contribution in [0.3, 0.4) is 0 Å². The maximum atomic E-state index is 12.6. The standard InChI is InChI=1S/C67H70N3O.Pt/c1-63(2,3)49-31-32-58(54(40-49)43-23-17-15-18-24-43)70-59-30-22-29-53(60(59)69-62(70)55-41-52(65(7,8)9)42-56(61(55)71)66(10,11)12)46-35-47(38-51(37-46)64(4,5)6)57-39-45(33-34-68-57)44-25-21-28-50(36-44)67(13,14)48-26-19-16-20-27-48;/h15-34,36-42,71H,1-14H3;/q-1;. The largest absolute Gasteiger partial charge is 0.507 e. The first kappa shape index (κ1) is 52.0. The fourth-order valence-electron chi connectivity index (χ4n) is 9.75. The second kappa shape index (κ2) is 19.2. The molecule has 2 aromatic heterocycles. The van der Waals surface area contributed by atoms with Crippen LogP contribution in [0.1, 0.15) is 130 Å². The minimum Gasteiger partial charge on any atom is -0.507 e. The summed E-state index contributed by atoms with van der Waals surface area (Å²) in [6.45, 7) is 31.4. The van der Waals surface area contributed by atoms with Gasteiger partial charge in [-0.1, -0.05) is 223 Å². The van der Waals surface area contributed by atoms with Crippen molar-refractivity contribution >= 4 is 11.0 Å². The van der Waals surface area contributed by atoms with E-state index in [1.165, 1.54) is 22.3 Å². The number of aromatic nitrogens is 3. The molecule has 0 fully saturated rings. The topological polar surface area (TPSA) is 50.9 Å². The Bertz CT molecular complexity index is 3430. The number of pyridine rings is 1. The van der Waals surface area contributed by atoms with Crippen LogP contribution in [0, 0.1) is 6.07 Å². The number of hydrogen-bond acceptors (Lipinski definition) is 3. The Balaban J connectivity index is 0.00000693. The van der Waals surface area contributed by atoms with Gasteiger partial charge in [0, 0.05) is 49.5 Å². The van der Waals surface area contributed by atoms with E-state index >= 15 is 0 Å². The molecule has 0 aliphatic carbocycles. The van der Waals surface area contributed by atoms with Crippen molar-refractivity contribution in [3.05, 3.63) is 203 Å². The number of phenolic OH excluding ortho intramolecular Hbond substituents is 1. The van der Waals surface area contributed by atoms with Crippen LogP contribution in [-0.2, 0) is 48.1 Å². The first-order valence-corrected chi connectivity index (χ1v) is 25.2. The van der Waals surface area contributed by atoms with Crippen molar-refractivity contribution in [2.45, 2.75) is 124 Å². The Labute approximate surface area is 443 Å². The Morgan fingerprint density at radius 1 is 0.444 bits per heavy atom. The number of aromatic hydroxyl groups is 1. The number of fused-ring (bicyclic) bond motifs is 1. The summed E-state index contributed by atoms with van der Waals surface area (Å²) in [6.07, 6.45) is 1.92. The van der Waals surface area contributed by atoms with Crippen LogP contribution in [0.15, 0.2) is 164 Å². The van der Waals surface area contributed by atoms with Crippen LogP contribution >= 0.6 is 0 Å². The molecule has 0 bridgehead atoms. The molecule has 0 amide bonds. The molecule has 0 aliphatic heterocycles. The minimum atomic E-state index is -0.336. The first-order valence-electron chi connectivity index (χ1n) is 25.2. The van der Waals surface area contributed by atoms with Crippen molar-refractivity contribution in [2.24, 2.45) is 0 Å². The van der Waals surface area contributed by atoms with Gasteiger partial charge in [-0.25, -0.2) is 4.98 Å². The Morgan fingerprint density at radius 3 is 1.67 bits per heavy atom. The van der Waals surface area contributed by atoms with E-state index in [9.17, 15) is 5.11 Å². The number of para-hydroxylation sites is 1.